The number of thiazole rings is 7. The lowest BCUT2D eigenvalue weighted by molar-refractivity contribution is -0.865. The molecule has 6 aromatic carbocycles. The molecule has 25 heteroatoms. The summed E-state index contributed by atoms with van der Waals surface area (Å²) in [5, 5.41) is 34.5. The molecule has 10 N–H and O–H groups in total. The zero-order valence-electron chi connectivity index (χ0n) is 72.3. The van der Waals surface area contributed by atoms with Crippen LogP contribution in [0, 0.1) is 43.8 Å². The first-order valence-electron chi connectivity index (χ1n) is 43.0. The summed E-state index contributed by atoms with van der Waals surface area (Å²) in [6, 6.07) is 55.7. The van der Waals surface area contributed by atoms with Gasteiger partial charge in [0.15, 0.2) is 0 Å². The van der Waals surface area contributed by atoms with Crippen molar-refractivity contribution in [2.24, 2.45) is 17.3 Å². The molecule has 0 spiro atoms. The largest absolute Gasteiger partial charge is 0.357 e. The highest BCUT2D eigenvalue weighted by molar-refractivity contribution is 7.14. The van der Waals surface area contributed by atoms with Gasteiger partial charge in [-0.2, -0.15) is 0 Å². The summed E-state index contributed by atoms with van der Waals surface area (Å²) >= 11 is 12.1. The van der Waals surface area contributed by atoms with E-state index in [1.807, 2.05) is 11.4 Å². The number of aryl methyl sites for hydroxylation is 3. The Morgan fingerprint density at radius 2 is 0.826 bits per heavy atom. The number of aromatic nitrogens is 7. The zero-order valence-corrected chi connectivity index (χ0v) is 78.0. The van der Waals surface area contributed by atoms with Gasteiger partial charge in [0, 0.05) is 142 Å². The number of hydrogen-bond acceptors (Lipinski definition) is 20. The van der Waals surface area contributed by atoms with Gasteiger partial charge in [-0.15, -0.1) is 79.4 Å². The average molecular weight is 1760 g/mol. The van der Waals surface area contributed by atoms with Gasteiger partial charge in [0.25, 0.3) is 0 Å². The summed E-state index contributed by atoms with van der Waals surface area (Å²) in [5.74, 6) is 1.51. The lowest BCUT2D eigenvalue weighted by Gasteiger charge is -2.31. The minimum Gasteiger partial charge on any atom is -0.357 e. The SMILES string of the molecule is CCC1CCN(Cc2csc(-c3ccccc3)n2)CC1.CN(Cc1csc(-c2ccccc2)n1)C1C[NH2+]C1.Cc1ccc(-c2nc(CN3CC[NH2+]CC3)cs2)cc1.Cc1ccc(-c2nc(CNCC(C)(C)C[NH+](C)C)cs2)cc1.Cc1nc(CC2CCN(Cc3csc(-c4ccccc4)n3)CC2)cs1.[NH3+]CCNCc1csc(-c2ccc(F)cc2)n1. The maximum absolute atomic E-state index is 12.8. The second-order valence-corrected chi connectivity index (χ2v) is 39.5. The Kier molecular flexibility index (Phi) is 37.1. The molecule has 4 saturated heterocycles. The fraction of sp³-hybridized carbons (Fsp3) is 0.406. The normalized spacial score (nSPS) is 15.0. The molecule has 0 radical (unpaired) electrons. The molecule has 0 aliphatic carbocycles. The van der Waals surface area contributed by atoms with Gasteiger partial charge in [-0.25, -0.2) is 39.3 Å². The number of likely N-dealkylation sites (N-methyl/N-ethyl adjacent to an activating group) is 1. The Labute approximate surface area is 746 Å². The van der Waals surface area contributed by atoms with Gasteiger partial charge in [-0.3, -0.25) is 19.6 Å². The van der Waals surface area contributed by atoms with Crippen molar-refractivity contribution in [2.75, 3.05) is 113 Å². The summed E-state index contributed by atoms with van der Waals surface area (Å²) < 4.78 is 12.8. The number of piperidine rings is 2. The first-order valence-corrected chi connectivity index (χ1v) is 49.2. The first kappa shape index (κ1) is 92.4. The molecular formula is C96H126FN17S7+4. The predicted molar refractivity (Wildman–Crippen MR) is 508 cm³/mol. The van der Waals surface area contributed by atoms with Crippen molar-refractivity contribution in [3.8, 4) is 63.4 Å². The second kappa shape index (κ2) is 48.5. The third-order valence-electron chi connectivity index (χ3n) is 22.0. The summed E-state index contributed by atoms with van der Waals surface area (Å²) in [4.78, 5) is 44.5. The number of quaternary nitrogens is 4. The van der Waals surface area contributed by atoms with Crippen LogP contribution in [0.2, 0.25) is 0 Å². The summed E-state index contributed by atoms with van der Waals surface area (Å²) in [6.45, 7) is 34.8. The Morgan fingerprint density at radius 3 is 1.22 bits per heavy atom. The van der Waals surface area contributed by atoms with Gasteiger partial charge in [0.2, 0.25) is 0 Å². The molecule has 4 aliphatic rings. The number of rotatable bonds is 28. The third kappa shape index (κ3) is 30.9. The smallest absolute Gasteiger partial charge is 0.123 e. The van der Waals surface area contributed by atoms with Crippen molar-refractivity contribution in [1.29, 1.82) is 0 Å². The molecule has 0 atom stereocenters. The van der Waals surface area contributed by atoms with Crippen LogP contribution in [0.3, 0.4) is 0 Å². The number of hydrogen-bond donors (Lipinski definition) is 6. The summed E-state index contributed by atoms with van der Waals surface area (Å²) in [6.07, 6.45) is 7.73. The molecule has 640 valence electrons. The minimum absolute atomic E-state index is 0.220. The number of nitrogens with two attached hydrogens (primary N) is 2. The topological polar surface area (TPSA) is 193 Å². The third-order valence-corrected chi connectivity index (χ3v) is 28.4. The number of likely N-dealkylation sites (tertiary alicyclic amines) is 2. The Hall–Kier alpha value is -7.74. The van der Waals surface area contributed by atoms with Gasteiger partial charge in [-0.05, 0) is 122 Å². The average Bonchev–Trinajstić information content (AvgIpc) is 1.70. The Balaban J connectivity index is 0.000000134. The number of nitrogens with zero attached hydrogens (tertiary/aromatic N) is 11. The number of halogens is 1. The van der Waals surface area contributed by atoms with Crippen LogP contribution in [0.25, 0.3) is 63.4 Å². The van der Waals surface area contributed by atoms with Crippen molar-refractivity contribution >= 4 is 79.4 Å². The molecule has 0 saturated carbocycles. The van der Waals surface area contributed by atoms with E-state index < -0.39 is 0 Å². The van der Waals surface area contributed by atoms with Crippen LogP contribution in [0.15, 0.2) is 201 Å². The van der Waals surface area contributed by atoms with E-state index in [0.29, 0.717) is 5.41 Å². The molecule has 0 unspecified atom stereocenters. The van der Waals surface area contributed by atoms with E-state index in [9.17, 15) is 4.39 Å². The Morgan fingerprint density at radius 1 is 0.455 bits per heavy atom. The monoisotopic (exact) mass is 1760 g/mol. The highest BCUT2D eigenvalue weighted by atomic mass is 32.1. The van der Waals surface area contributed by atoms with Gasteiger partial charge in [-0.1, -0.05) is 178 Å². The maximum atomic E-state index is 12.8. The van der Waals surface area contributed by atoms with Gasteiger partial charge < -0.3 is 31.9 Å². The molecule has 121 heavy (non-hydrogen) atoms. The van der Waals surface area contributed by atoms with Crippen molar-refractivity contribution < 1.29 is 25.7 Å². The minimum atomic E-state index is -0.220. The van der Waals surface area contributed by atoms with E-state index in [1.54, 1.807) is 91.5 Å². The van der Waals surface area contributed by atoms with Crippen molar-refractivity contribution in [2.45, 2.75) is 125 Å². The molecular weight excluding hydrogens is 1630 g/mol. The van der Waals surface area contributed by atoms with Crippen LogP contribution in [-0.4, -0.2) is 173 Å². The van der Waals surface area contributed by atoms with Crippen LogP contribution in [0.5, 0.6) is 0 Å². The fourth-order valence-corrected chi connectivity index (χ4v) is 20.7. The van der Waals surface area contributed by atoms with Crippen LogP contribution >= 0.6 is 79.4 Å². The molecule has 0 bridgehead atoms. The molecule has 13 aromatic rings. The van der Waals surface area contributed by atoms with Crippen molar-refractivity contribution in [3.05, 3.63) is 263 Å². The van der Waals surface area contributed by atoms with E-state index in [4.69, 9.17) is 24.9 Å². The van der Waals surface area contributed by atoms with Crippen molar-refractivity contribution in [1.82, 2.24) is 65.1 Å². The van der Waals surface area contributed by atoms with E-state index in [1.165, 1.54) is 187 Å². The van der Waals surface area contributed by atoms with Gasteiger partial charge >= 0.3 is 0 Å². The molecule has 4 aliphatic heterocycles. The molecule has 4 fully saturated rings. The highest BCUT2D eigenvalue weighted by Gasteiger charge is 2.28. The predicted octanol–water partition coefficient (Wildman–Crippen LogP) is 15.8. The first-order chi connectivity index (χ1) is 58.9. The molecule has 0 amide bonds. The van der Waals surface area contributed by atoms with Gasteiger partial charge in [0.1, 0.15) is 41.9 Å². The van der Waals surface area contributed by atoms with E-state index in [2.05, 4.69) is 285 Å². The summed E-state index contributed by atoms with van der Waals surface area (Å²) in [5.41, 5.74) is 22.0. The molecule has 17 rings (SSSR count). The molecule has 11 heterocycles. The van der Waals surface area contributed by atoms with Gasteiger partial charge in [0.05, 0.1) is 98.2 Å². The second-order valence-electron chi connectivity index (χ2n) is 33.3. The van der Waals surface area contributed by atoms with Crippen molar-refractivity contribution in [3.63, 3.8) is 0 Å². The van der Waals surface area contributed by atoms with Crippen LogP contribution in [0.1, 0.15) is 109 Å². The molecule has 17 nitrogen and oxygen atoms in total. The van der Waals surface area contributed by atoms with Crippen LogP contribution in [-0.2, 0) is 45.7 Å². The zero-order chi connectivity index (χ0) is 84.6. The van der Waals surface area contributed by atoms with E-state index in [-0.39, 0.29) is 5.82 Å². The van der Waals surface area contributed by atoms with Crippen LogP contribution < -0.4 is 31.9 Å². The quantitative estimate of drug-likeness (QED) is 0.0254. The number of piperazine rings is 1. The van der Waals surface area contributed by atoms with Crippen LogP contribution in [0.4, 0.5) is 4.39 Å². The van der Waals surface area contributed by atoms with E-state index in [0.717, 1.165) is 137 Å². The fourth-order valence-electron chi connectivity index (χ4n) is 15.1. The van der Waals surface area contributed by atoms with E-state index >= 15 is 0 Å². The number of nitrogens with one attached hydrogen (secondary N) is 3. The number of benzene rings is 6. The lowest BCUT2D eigenvalue weighted by atomic mass is 9.92. The Bertz CT molecular complexity index is 5040. The highest BCUT2D eigenvalue weighted by Crippen LogP contribution is 2.32. The summed E-state index contributed by atoms with van der Waals surface area (Å²) in [7, 11) is 6.60. The maximum Gasteiger partial charge on any atom is 0.123 e. The standard InChI is InChI=1S/C20H23N3S2.C18H27N3S.C17H22N2S.C15H19N3S.C14H17N3S.C12H14FN3S/c1-15-21-18(13-24-15)11-16-7-9-23(10-8-16)12-19-14-25-20(22-19)17-5-3-2-4-6-17;1-14-6-8-15(9-7-14)17-20-16(11-22-17)10-19-12-18(2,3)13-21(4)5;1-2-14-8-10-19(11-9-14)12-16-13-20-17(18-16)15-6-4-3-5-7-15;1-12-2-4-13(5-3-12)15-17-14(11-19-15)10-18-8-6-16-7-9-18;1-17(13-7-15-8-13)9-12-10-18-14(16-12)11-5-3-2-4-6-11;13-10-3-1-9(2-4-10)12-16-11(8-17-12)7-15-6-5-14/h2-6,13-14,16H,7-12H2,1H3;6-9,11,19H,10,12-13H2,1-5H3;3-7,13-14H,2,8-12H2,1H3;2-5,11,16H,6-10H2,1H3;2-6,10,13,15H,7-9H2,1H3;1-4,8,15H,5-7,14H2/p+4. The molecule has 7 aromatic heterocycles. The lowest BCUT2D eigenvalue weighted by Crippen LogP contribution is -3.07.